The van der Waals surface area contributed by atoms with Crippen molar-refractivity contribution in [2.45, 2.75) is 18.5 Å². The van der Waals surface area contributed by atoms with Gasteiger partial charge >= 0.3 is 0 Å². The molecule has 2 N–H and O–H groups in total. The smallest absolute Gasteiger partial charge is 0.234 e. The van der Waals surface area contributed by atoms with Crippen LogP contribution in [0.5, 0.6) is 5.75 Å². The predicted octanol–water partition coefficient (Wildman–Crippen LogP) is 3.52. The molecule has 28 heavy (non-hydrogen) atoms. The molecular weight excluding hydrogens is 374 g/mol. The number of amides is 1. The minimum absolute atomic E-state index is 0.102. The summed E-state index contributed by atoms with van der Waals surface area (Å²) >= 11 is 1.22. The number of benzene rings is 2. The first-order valence-electron chi connectivity index (χ1n) is 8.88. The maximum Gasteiger partial charge on any atom is 0.234 e. The first kappa shape index (κ1) is 18.2. The molecule has 0 saturated carbocycles. The van der Waals surface area contributed by atoms with Gasteiger partial charge in [-0.1, -0.05) is 30.8 Å². The van der Waals surface area contributed by atoms with E-state index < -0.39 is 0 Å². The highest BCUT2D eigenvalue weighted by Crippen LogP contribution is 2.27. The second-order valence-corrected chi connectivity index (χ2v) is 7.36. The first-order chi connectivity index (χ1) is 13.5. The molecule has 0 fully saturated rings. The maximum atomic E-state index is 12.1. The van der Waals surface area contributed by atoms with E-state index in [2.05, 4.69) is 45.6 Å². The van der Waals surface area contributed by atoms with Gasteiger partial charge in [-0.2, -0.15) is 0 Å². The average molecular weight is 393 g/mol. The van der Waals surface area contributed by atoms with Crippen molar-refractivity contribution >= 4 is 45.4 Å². The Kier molecular flexibility index (Phi) is 4.87. The summed E-state index contributed by atoms with van der Waals surface area (Å²) in [6.45, 7) is 2.12. The highest BCUT2D eigenvalue weighted by atomic mass is 32.2. The van der Waals surface area contributed by atoms with Crippen molar-refractivity contribution in [2.24, 2.45) is 7.05 Å². The number of carbonyl (C=O) groups is 1. The van der Waals surface area contributed by atoms with Crippen LogP contribution < -0.4 is 5.32 Å². The minimum atomic E-state index is -0.205. The number of hydrogen-bond donors (Lipinski definition) is 2. The van der Waals surface area contributed by atoms with Gasteiger partial charge in [0, 0.05) is 24.2 Å². The van der Waals surface area contributed by atoms with Crippen molar-refractivity contribution in [3.63, 3.8) is 0 Å². The molecule has 0 aliphatic rings. The summed E-state index contributed by atoms with van der Waals surface area (Å²) < 4.78 is 2.00. The third-order valence-corrected chi connectivity index (χ3v) is 5.35. The number of phenolic OH excluding ortho intramolecular Hbond substituents is 1. The molecule has 0 bridgehead atoms. The molecular formula is C20H19N5O2S. The number of phenols is 1. The van der Waals surface area contributed by atoms with E-state index in [1.807, 2.05) is 11.6 Å². The molecule has 1 amide bonds. The number of carbonyl (C=O) groups excluding carboxylic acids is 1. The number of aromatic hydroxyl groups is 1. The van der Waals surface area contributed by atoms with E-state index in [1.165, 1.54) is 23.4 Å². The maximum absolute atomic E-state index is 12.1. The summed E-state index contributed by atoms with van der Waals surface area (Å²) in [6.07, 6.45) is 0.954. The van der Waals surface area contributed by atoms with Crippen LogP contribution >= 0.6 is 11.8 Å². The van der Waals surface area contributed by atoms with E-state index >= 15 is 0 Å². The van der Waals surface area contributed by atoms with Crippen LogP contribution in [0.3, 0.4) is 0 Å². The fourth-order valence-corrected chi connectivity index (χ4v) is 3.66. The highest BCUT2D eigenvalue weighted by Gasteiger charge is 2.14. The zero-order valence-corrected chi connectivity index (χ0v) is 16.3. The predicted molar refractivity (Wildman–Crippen MR) is 111 cm³/mol. The van der Waals surface area contributed by atoms with Crippen LogP contribution in [0.25, 0.3) is 22.1 Å². The Hall–Kier alpha value is -3.13. The molecule has 0 unspecified atom stereocenters. The molecule has 4 aromatic rings. The van der Waals surface area contributed by atoms with Gasteiger partial charge in [-0.3, -0.25) is 4.79 Å². The molecule has 0 saturated heterocycles. The molecule has 2 aromatic carbocycles. The summed E-state index contributed by atoms with van der Waals surface area (Å²) in [5, 5.41) is 22.2. The Balaban J connectivity index is 1.54. The van der Waals surface area contributed by atoms with Gasteiger partial charge in [-0.05, 0) is 36.2 Å². The zero-order valence-electron chi connectivity index (χ0n) is 15.5. The standard InChI is InChI=1S/C20H19N5O2S/c1-3-12-7-8-16-15(9-12)18-19(25(16)2)22-20(24-23-18)28-11-17(27)21-13-5-4-6-14(26)10-13/h4-10,26H,3,11H2,1-2H3,(H,21,27). The fourth-order valence-electron chi connectivity index (χ4n) is 3.08. The summed E-state index contributed by atoms with van der Waals surface area (Å²) in [5.41, 5.74) is 4.35. The van der Waals surface area contributed by atoms with Gasteiger partial charge in [0.15, 0.2) is 5.65 Å². The van der Waals surface area contributed by atoms with Crippen molar-refractivity contribution in [1.29, 1.82) is 0 Å². The van der Waals surface area contributed by atoms with E-state index in [-0.39, 0.29) is 17.4 Å². The first-order valence-corrected chi connectivity index (χ1v) is 9.87. The summed E-state index contributed by atoms with van der Waals surface area (Å²) in [6, 6.07) is 12.7. The molecule has 2 heterocycles. The van der Waals surface area contributed by atoms with E-state index in [9.17, 15) is 9.90 Å². The van der Waals surface area contributed by atoms with E-state index in [4.69, 9.17) is 0 Å². The topological polar surface area (TPSA) is 92.9 Å². The lowest BCUT2D eigenvalue weighted by molar-refractivity contribution is -0.113. The number of aryl methyl sites for hydroxylation is 2. The van der Waals surface area contributed by atoms with Crippen molar-refractivity contribution in [3.05, 3.63) is 48.0 Å². The Morgan fingerprint density at radius 1 is 1.21 bits per heavy atom. The van der Waals surface area contributed by atoms with Crippen LogP contribution in [0.4, 0.5) is 5.69 Å². The number of thioether (sulfide) groups is 1. The molecule has 0 atom stereocenters. The lowest BCUT2D eigenvalue weighted by Crippen LogP contribution is -2.14. The molecule has 4 rings (SSSR count). The molecule has 8 heteroatoms. The van der Waals surface area contributed by atoms with Crippen LogP contribution in [-0.2, 0) is 18.3 Å². The van der Waals surface area contributed by atoms with Gasteiger partial charge in [0.25, 0.3) is 0 Å². The van der Waals surface area contributed by atoms with Crippen LogP contribution in [0.1, 0.15) is 12.5 Å². The van der Waals surface area contributed by atoms with Crippen LogP contribution in [-0.4, -0.2) is 36.5 Å². The molecule has 0 aliphatic heterocycles. The summed E-state index contributed by atoms with van der Waals surface area (Å²) in [7, 11) is 1.95. The number of aromatic nitrogens is 4. The minimum Gasteiger partial charge on any atom is -0.508 e. The van der Waals surface area contributed by atoms with Crippen molar-refractivity contribution < 1.29 is 9.90 Å². The third-order valence-electron chi connectivity index (χ3n) is 4.51. The van der Waals surface area contributed by atoms with Crippen molar-refractivity contribution in [3.8, 4) is 5.75 Å². The van der Waals surface area contributed by atoms with Crippen molar-refractivity contribution in [2.75, 3.05) is 11.1 Å². The SMILES string of the molecule is CCc1ccc2c(c1)c1nnc(SCC(=O)Nc3cccc(O)c3)nc1n2C. The van der Waals surface area contributed by atoms with Gasteiger partial charge in [0.2, 0.25) is 11.1 Å². The van der Waals surface area contributed by atoms with Crippen LogP contribution in [0.15, 0.2) is 47.6 Å². The largest absolute Gasteiger partial charge is 0.508 e. The average Bonchev–Trinajstić information content (AvgIpc) is 2.98. The molecule has 2 aromatic heterocycles. The number of rotatable bonds is 5. The lowest BCUT2D eigenvalue weighted by atomic mass is 10.1. The van der Waals surface area contributed by atoms with Crippen LogP contribution in [0.2, 0.25) is 0 Å². The highest BCUT2D eigenvalue weighted by molar-refractivity contribution is 7.99. The van der Waals surface area contributed by atoms with Crippen LogP contribution in [0, 0.1) is 0 Å². The summed E-state index contributed by atoms with van der Waals surface area (Å²) in [5.74, 6) is 0.0432. The number of hydrogen-bond acceptors (Lipinski definition) is 6. The molecule has 142 valence electrons. The quantitative estimate of drug-likeness (QED) is 0.504. The Morgan fingerprint density at radius 3 is 2.86 bits per heavy atom. The number of nitrogens with one attached hydrogen (secondary N) is 1. The van der Waals surface area contributed by atoms with Crippen molar-refractivity contribution in [1.82, 2.24) is 19.7 Å². The van der Waals surface area contributed by atoms with Gasteiger partial charge < -0.3 is 15.0 Å². The number of anilines is 1. The molecule has 0 spiro atoms. The fraction of sp³-hybridized carbons (Fsp3) is 0.200. The van der Waals surface area contributed by atoms with E-state index in [1.54, 1.807) is 18.2 Å². The number of fused-ring (bicyclic) bond motifs is 3. The normalized spacial score (nSPS) is 11.2. The Bertz CT molecular complexity index is 1190. The molecule has 0 aliphatic carbocycles. The number of nitrogens with zero attached hydrogens (tertiary/aromatic N) is 4. The monoisotopic (exact) mass is 393 g/mol. The van der Waals surface area contributed by atoms with Gasteiger partial charge in [0.1, 0.15) is 11.3 Å². The second kappa shape index (κ2) is 7.47. The second-order valence-electron chi connectivity index (χ2n) is 6.42. The Morgan fingerprint density at radius 2 is 2.07 bits per heavy atom. The van der Waals surface area contributed by atoms with E-state index in [0.29, 0.717) is 10.8 Å². The molecule has 7 nitrogen and oxygen atoms in total. The zero-order chi connectivity index (χ0) is 19.7. The lowest BCUT2D eigenvalue weighted by Gasteiger charge is -2.05. The summed E-state index contributed by atoms with van der Waals surface area (Å²) in [4.78, 5) is 16.7. The van der Waals surface area contributed by atoms with Gasteiger partial charge in [0.05, 0.1) is 11.3 Å². The molecule has 0 radical (unpaired) electrons. The van der Waals surface area contributed by atoms with Gasteiger partial charge in [-0.15, -0.1) is 10.2 Å². The van der Waals surface area contributed by atoms with E-state index in [0.717, 1.165) is 28.5 Å². The third kappa shape index (κ3) is 3.50. The van der Waals surface area contributed by atoms with Gasteiger partial charge in [-0.25, -0.2) is 4.98 Å². The Labute approximate surface area is 165 Å².